The maximum absolute atomic E-state index is 6.43. The van der Waals surface area contributed by atoms with Crippen LogP contribution in [-0.4, -0.2) is 32.8 Å². The Labute approximate surface area is 113 Å². The largest absolute Gasteiger partial charge is 0.378 e. The number of halogens is 1. The number of nitrogens with zero attached hydrogens (tertiary/aromatic N) is 1. The standard InChI is InChI=1S/C14H19ClN2O/c15-12-9-11(14(10-16)3-4-14)1-2-13(12)17-5-7-18-8-6-17/h1-2,9H,3-8,10,16H2. The second kappa shape index (κ2) is 4.72. The van der Waals surface area contributed by atoms with Gasteiger partial charge in [-0.2, -0.15) is 0 Å². The molecule has 1 aliphatic heterocycles. The zero-order valence-corrected chi connectivity index (χ0v) is 11.2. The van der Waals surface area contributed by atoms with Crippen molar-refractivity contribution in [1.29, 1.82) is 0 Å². The Bertz CT molecular complexity index is 439. The minimum atomic E-state index is 0.215. The monoisotopic (exact) mass is 266 g/mol. The van der Waals surface area contributed by atoms with E-state index in [0.29, 0.717) is 0 Å². The first-order chi connectivity index (χ1) is 8.75. The average Bonchev–Trinajstić information content (AvgIpc) is 3.21. The second-order valence-electron chi connectivity index (χ2n) is 5.25. The predicted molar refractivity (Wildman–Crippen MR) is 74.5 cm³/mol. The number of anilines is 1. The molecule has 1 aromatic rings. The van der Waals surface area contributed by atoms with E-state index in [2.05, 4.69) is 23.1 Å². The van der Waals surface area contributed by atoms with Crippen LogP contribution in [0.3, 0.4) is 0 Å². The zero-order valence-electron chi connectivity index (χ0n) is 10.5. The molecular formula is C14H19ClN2O. The van der Waals surface area contributed by atoms with Crippen molar-refractivity contribution in [3.63, 3.8) is 0 Å². The Hall–Kier alpha value is -0.770. The third-order valence-electron chi connectivity index (χ3n) is 4.16. The van der Waals surface area contributed by atoms with E-state index in [0.717, 1.165) is 43.6 Å². The minimum absolute atomic E-state index is 0.215. The molecule has 1 saturated heterocycles. The molecule has 0 amide bonds. The first-order valence-electron chi connectivity index (χ1n) is 6.58. The SMILES string of the molecule is NCC1(c2ccc(N3CCOCC3)c(Cl)c2)CC1. The van der Waals surface area contributed by atoms with Gasteiger partial charge in [-0.3, -0.25) is 0 Å². The fraction of sp³-hybridized carbons (Fsp3) is 0.571. The molecule has 2 aliphatic rings. The quantitative estimate of drug-likeness (QED) is 0.911. The minimum Gasteiger partial charge on any atom is -0.378 e. The lowest BCUT2D eigenvalue weighted by atomic mass is 9.96. The van der Waals surface area contributed by atoms with E-state index in [1.165, 1.54) is 18.4 Å². The van der Waals surface area contributed by atoms with Crippen molar-refractivity contribution in [2.75, 3.05) is 37.7 Å². The molecule has 0 atom stereocenters. The van der Waals surface area contributed by atoms with Crippen molar-refractivity contribution in [1.82, 2.24) is 0 Å². The molecule has 0 radical (unpaired) electrons. The summed E-state index contributed by atoms with van der Waals surface area (Å²) in [6.45, 7) is 4.12. The topological polar surface area (TPSA) is 38.5 Å². The van der Waals surface area contributed by atoms with Crippen molar-refractivity contribution in [3.8, 4) is 0 Å². The molecule has 0 unspecified atom stereocenters. The first kappa shape index (κ1) is 12.3. The number of ether oxygens (including phenoxy) is 1. The highest BCUT2D eigenvalue weighted by atomic mass is 35.5. The molecule has 18 heavy (non-hydrogen) atoms. The van der Waals surface area contributed by atoms with Gasteiger partial charge in [-0.25, -0.2) is 0 Å². The summed E-state index contributed by atoms with van der Waals surface area (Å²) < 4.78 is 5.37. The molecule has 4 heteroatoms. The van der Waals surface area contributed by atoms with Gasteiger partial charge in [0.15, 0.2) is 0 Å². The van der Waals surface area contributed by atoms with E-state index in [1.54, 1.807) is 0 Å². The Morgan fingerprint density at radius 3 is 2.56 bits per heavy atom. The van der Waals surface area contributed by atoms with Gasteiger partial charge in [0.05, 0.1) is 23.9 Å². The summed E-state index contributed by atoms with van der Waals surface area (Å²) in [5.41, 5.74) is 8.50. The van der Waals surface area contributed by atoms with Crippen LogP contribution < -0.4 is 10.6 Å². The molecule has 0 aromatic heterocycles. The third-order valence-corrected chi connectivity index (χ3v) is 4.46. The van der Waals surface area contributed by atoms with Crippen LogP contribution in [0.5, 0.6) is 0 Å². The summed E-state index contributed by atoms with van der Waals surface area (Å²) in [4.78, 5) is 2.29. The van der Waals surface area contributed by atoms with Gasteiger partial charge in [-0.15, -0.1) is 0 Å². The third kappa shape index (κ3) is 2.11. The highest BCUT2D eigenvalue weighted by molar-refractivity contribution is 6.33. The van der Waals surface area contributed by atoms with Crippen LogP contribution in [0.25, 0.3) is 0 Å². The first-order valence-corrected chi connectivity index (χ1v) is 6.96. The summed E-state index contributed by atoms with van der Waals surface area (Å²) in [6, 6.07) is 6.43. The van der Waals surface area contributed by atoms with E-state index >= 15 is 0 Å². The van der Waals surface area contributed by atoms with Gasteiger partial charge in [0.1, 0.15) is 0 Å². The molecule has 3 nitrogen and oxygen atoms in total. The summed E-state index contributed by atoms with van der Waals surface area (Å²) >= 11 is 6.43. The van der Waals surface area contributed by atoms with Gasteiger partial charge in [0.2, 0.25) is 0 Å². The molecule has 1 aromatic carbocycles. The number of hydrogen-bond acceptors (Lipinski definition) is 3. The average molecular weight is 267 g/mol. The molecule has 1 aliphatic carbocycles. The summed E-state index contributed by atoms with van der Waals surface area (Å²) in [5.74, 6) is 0. The highest BCUT2D eigenvalue weighted by Crippen LogP contribution is 2.48. The fourth-order valence-corrected chi connectivity index (χ4v) is 2.96. The number of rotatable bonds is 3. The van der Waals surface area contributed by atoms with Crippen LogP contribution in [0.1, 0.15) is 18.4 Å². The fourth-order valence-electron chi connectivity index (χ4n) is 2.66. The molecule has 2 N–H and O–H groups in total. The Balaban J connectivity index is 1.84. The van der Waals surface area contributed by atoms with Gasteiger partial charge in [-0.05, 0) is 30.5 Å². The Morgan fingerprint density at radius 1 is 1.28 bits per heavy atom. The van der Waals surface area contributed by atoms with Gasteiger partial charge in [0.25, 0.3) is 0 Å². The van der Waals surface area contributed by atoms with Crippen LogP contribution >= 0.6 is 11.6 Å². The molecule has 0 bridgehead atoms. The Morgan fingerprint density at radius 2 is 2.00 bits per heavy atom. The summed E-state index contributed by atoms with van der Waals surface area (Å²) in [5, 5.41) is 0.842. The number of benzene rings is 1. The van der Waals surface area contributed by atoms with Crippen molar-refractivity contribution in [2.24, 2.45) is 5.73 Å². The van der Waals surface area contributed by atoms with Crippen LogP contribution in [0, 0.1) is 0 Å². The van der Waals surface area contributed by atoms with Gasteiger partial charge >= 0.3 is 0 Å². The number of morpholine rings is 1. The smallest absolute Gasteiger partial charge is 0.0642 e. The van der Waals surface area contributed by atoms with E-state index in [9.17, 15) is 0 Å². The lowest BCUT2D eigenvalue weighted by Gasteiger charge is -2.30. The van der Waals surface area contributed by atoms with E-state index in [1.807, 2.05) is 0 Å². The van der Waals surface area contributed by atoms with Crippen molar-refractivity contribution in [2.45, 2.75) is 18.3 Å². The molecule has 3 rings (SSSR count). The molecule has 2 fully saturated rings. The maximum atomic E-state index is 6.43. The second-order valence-corrected chi connectivity index (χ2v) is 5.66. The molecule has 1 heterocycles. The lowest BCUT2D eigenvalue weighted by Crippen LogP contribution is -2.36. The number of hydrogen-bond donors (Lipinski definition) is 1. The molecular weight excluding hydrogens is 248 g/mol. The summed E-state index contributed by atoms with van der Waals surface area (Å²) in [6.07, 6.45) is 2.38. The van der Waals surface area contributed by atoms with E-state index < -0.39 is 0 Å². The highest BCUT2D eigenvalue weighted by Gasteiger charge is 2.43. The maximum Gasteiger partial charge on any atom is 0.0642 e. The number of nitrogens with two attached hydrogens (primary N) is 1. The molecule has 1 saturated carbocycles. The van der Waals surface area contributed by atoms with Crippen LogP contribution in [-0.2, 0) is 10.2 Å². The molecule has 98 valence electrons. The van der Waals surface area contributed by atoms with Crippen molar-refractivity contribution < 1.29 is 4.74 Å². The lowest BCUT2D eigenvalue weighted by molar-refractivity contribution is 0.122. The van der Waals surface area contributed by atoms with Crippen molar-refractivity contribution in [3.05, 3.63) is 28.8 Å². The van der Waals surface area contributed by atoms with Gasteiger partial charge in [0, 0.05) is 25.0 Å². The van der Waals surface area contributed by atoms with Crippen LogP contribution in [0.2, 0.25) is 5.02 Å². The van der Waals surface area contributed by atoms with E-state index in [4.69, 9.17) is 22.1 Å². The van der Waals surface area contributed by atoms with Gasteiger partial charge in [-0.1, -0.05) is 17.7 Å². The normalized spacial score (nSPS) is 22.0. The van der Waals surface area contributed by atoms with Crippen LogP contribution in [0.15, 0.2) is 18.2 Å². The van der Waals surface area contributed by atoms with Crippen LogP contribution in [0.4, 0.5) is 5.69 Å². The zero-order chi connectivity index (χ0) is 12.6. The Kier molecular flexibility index (Phi) is 3.22. The van der Waals surface area contributed by atoms with Crippen molar-refractivity contribution >= 4 is 17.3 Å². The molecule has 0 spiro atoms. The predicted octanol–water partition coefficient (Wildman–Crippen LogP) is 2.17. The summed E-state index contributed by atoms with van der Waals surface area (Å²) in [7, 11) is 0. The van der Waals surface area contributed by atoms with Gasteiger partial charge < -0.3 is 15.4 Å². The van der Waals surface area contributed by atoms with E-state index in [-0.39, 0.29) is 5.41 Å².